The minimum absolute atomic E-state index is 0.0254. The molecule has 0 spiro atoms. The maximum atomic E-state index is 14.2. The van der Waals surface area contributed by atoms with Gasteiger partial charge in [0.2, 0.25) is 5.91 Å². The number of aromatic nitrogens is 1. The van der Waals surface area contributed by atoms with E-state index in [0.29, 0.717) is 56.2 Å². The fourth-order valence-electron chi connectivity index (χ4n) is 7.63. The Hall–Kier alpha value is -4.88. The summed E-state index contributed by atoms with van der Waals surface area (Å²) >= 11 is 0. The Balaban J connectivity index is 1.37. The van der Waals surface area contributed by atoms with Crippen molar-refractivity contribution in [3.8, 4) is 28.7 Å². The van der Waals surface area contributed by atoms with Crippen LogP contribution in [0.5, 0.6) is 11.5 Å². The first-order valence-corrected chi connectivity index (χ1v) is 17.9. The number of hydrogen-bond acceptors (Lipinski definition) is 7. The van der Waals surface area contributed by atoms with E-state index in [2.05, 4.69) is 23.1 Å². The highest BCUT2D eigenvalue weighted by atomic mass is 16.5. The lowest BCUT2D eigenvalue weighted by molar-refractivity contribution is -0.150. The zero-order valence-corrected chi connectivity index (χ0v) is 32.6. The first-order chi connectivity index (χ1) is 24.4. The van der Waals surface area contributed by atoms with Crippen LogP contribution in [0.1, 0.15) is 81.0 Å². The van der Waals surface area contributed by atoms with Gasteiger partial charge in [0.1, 0.15) is 23.1 Å². The Kier molecular flexibility index (Phi) is 10.8. The molecule has 10 heteroatoms. The van der Waals surface area contributed by atoms with Crippen LogP contribution in [0, 0.1) is 30.6 Å². The molecule has 5 rings (SSSR count). The van der Waals surface area contributed by atoms with Gasteiger partial charge in [-0.3, -0.25) is 19.3 Å². The van der Waals surface area contributed by atoms with Crippen molar-refractivity contribution in [3.05, 3.63) is 91.9 Å². The summed E-state index contributed by atoms with van der Waals surface area (Å²) in [6.45, 7) is 18.3. The molecule has 1 saturated heterocycles. The SMILES string of the molecule is COc1cc(-c2cn(C)c(=O)c(C)c2C)cc(OC)c1CN1CCN(Cc2cccc3c2CCN(C(=O)/C(C#N)=C\C(C)(C)C)C3C)C(=O)C1(C)C. The Morgan fingerprint density at radius 1 is 1.02 bits per heavy atom. The molecule has 2 amide bonds. The van der Waals surface area contributed by atoms with Crippen molar-refractivity contribution in [2.45, 2.75) is 86.5 Å². The smallest absolute Gasteiger partial charge is 0.264 e. The number of pyridine rings is 1. The lowest BCUT2D eigenvalue weighted by Gasteiger charge is -2.46. The van der Waals surface area contributed by atoms with Crippen molar-refractivity contribution < 1.29 is 19.1 Å². The van der Waals surface area contributed by atoms with E-state index in [9.17, 15) is 19.6 Å². The Morgan fingerprint density at radius 3 is 2.27 bits per heavy atom. The van der Waals surface area contributed by atoms with E-state index in [1.165, 1.54) is 5.56 Å². The van der Waals surface area contributed by atoms with Crippen molar-refractivity contribution in [2.24, 2.45) is 12.5 Å². The molecule has 1 atom stereocenters. The third-order valence-electron chi connectivity index (χ3n) is 10.8. The van der Waals surface area contributed by atoms with Crippen LogP contribution in [0.2, 0.25) is 0 Å². The molecule has 0 aliphatic carbocycles. The number of ether oxygens (including phenoxy) is 2. The molecule has 2 aromatic carbocycles. The summed E-state index contributed by atoms with van der Waals surface area (Å²) < 4.78 is 13.4. The van der Waals surface area contributed by atoms with Gasteiger partial charge in [0.25, 0.3) is 11.5 Å². The molecule has 1 aromatic heterocycles. The minimum atomic E-state index is -0.809. The number of rotatable bonds is 8. The number of fused-ring (bicyclic) bond motifs is 1. The van der Waals surface area contributed by atoms with Crippen molar-refractivity contribution in [2.75, 3.05) is 33.9 Å². The number of hydrogen-bond donors (Lipinski definition) is 0. The summed E-state index contributed by atoms with van der Waals surface area (Å²) in [6, 6.07) is 12.0. The quantitative estimate of drug-likeness (QED) is 0.201. The van der Waals surface area contributed by atoms with Gasteiger partial charge in [-0.15, -0.1) is 0 Å². The van der Waals surface area contributed by atoms with Gasteiger partial charge in [0, 0.05) is 57.1 Å². The predicted octanol–water partition coefficient (Wildman–Crippen LogP) is 6.25. The number of allylic oxidation sites excluding steroid dienone is 1. The average Bonchev–Trinajstić information content (AvgIpc) is 3.10. The second kappa shape index (κ2) is 14.6. The fourth-order valence-corrected chi connectivity index (χ4v) is 7.63. The number of aryl methyl sites for hydroxylation is 1. The van der Waals surface area contributed by atoms with Gasteiger partial charge in [-0.25, -0.2) is 0 Å². The maximum absolute atomic E-state index is 14.2. The van der Waals surface area contributed by atoms with Crippen LogP contribution in [0.3, 0.4) is 0 Å². The molecule has 1 unspecified atom stereocenters. The Labute approximate surface area is 308 Å². The van der Waals surface area contributed by atoms with Crippen LogP contribution < -0.4 is 15.0 Å². The van der Waals surface area contributed by atoms with Crippen LogP contribution in [-0.4, -0.2) is 70.5 Å². The monoisotopic (exact) mass is 707 g/mol. The summed E-state index contributed by atoms with van der Waals surface area (Å²) in [5.41, 5.74) is 6.62. The van der Waals surface area contributed by atoms with Crippen LogP contribution >= 0.6 is 0 Å². The van der Waals surface area contributed by atoms with Crippen LogP contribution in [-0.2, 0) is 36.1 Å². The highest BCUT2D eigenvalue weighted by Crippen LogP contribution is 2.39. The van der Waals surface area contributed by atoms with Gasteiger partial charge in [-0.05, 0) is 86.4 Å². The standard InChI is InChI=1S/C42H53N5O5/c1-26-27(2)38(48)44(9)24-34(26)30-19-36(51-10)35(37(20-30)52-11)25-46-18-17-45(40(50)42(46,7)8)23-29-13-12-14-32-28(3)47(16-15-33(29)32)39(49)31(22-43)21-41(4,5)6/h12-14,19-21,24,28H,15-18,23,25H2,1-11H3/b31-21-. The highest BCUT2D eigenvalue weighted by Gasteiger charge is 2.43. The van der Waals surface area contributed by atoms with Gasteiger partial charge in [0.15, 0.2) is 0 Å². The zero-order chi connectivity index (χ0) is 38.3. The molecule has 0 radical (unpaired) electrons. The molecule has 3 aromatic rings. The van der Waals surface area contributed by atoms with E-state index >= 15 is 0 Å². The largest absolute Gasteiger partial charge is 0.496 e. The molecule has 2 aliphatic heterocycles. The number of nitriles is 1. The van der Waals surface area contributed by atoms with Crippen LogP contribution in [0.4, 0.5) is 0 Å². The molecule has 2 aliphatic rings. The first kappa shape index (κ1) is 38.4. The molecular formula is C42H53N5O5. The maximum Gasteiger partial charge on any atom is 0.264 e. The lowest BCUT2D eigenvalue weighted by atomic mass is 9.88. The third kappa shape index (κ3) is 7.24. The molecule has 0 bridgehead atoms. The predicted molar refractivity (Wildman–Crippen MR) is 203 cm³/mol. The summed E-state index contributed by atoms with van der Waals surface area (Å²) in [5.74, 6) is 1.10. The molecule has 3 heterocycles. The molecule has 1 fully saturated rings. The van der Waals surface area contributed by atoms with Gasteiger partial charge >= 0.3 is 0 Å². The van der Waals surface area contributed by atoms with Gasteiger partial charge < -0.3 is 23.8 Å². The van der Waals surface area contributed by atoms with E-state index in [1.807, 2.05) is 84.7 Å². The van der Waals surface area contributed by atoms with Crippen LogP contribution in [0.15, 0.2) is 53.0 Å². The fraction of sp³-hybridized carbons (Fsp3) is 0.476. The molecule has 52 heavy (non-hydrogen) atoms. The summed E-state index contributed by atoms with van der Waals surface area (Å²) in [5, 5.41) is 9.78. The lowest BCUT2D eigenvalue weighted by Crippen LogP contribution is -2.62. The number of carbonyl (C=O) groups is 2. The van der Waals surface area contributed by atoms with Gasteiger partial charge in [-0.1, -0.05) is 45.0 Å². The Bertz CT molecular complexity index is 2000. The van der Waals surface area contributed by atoms with Crippen molar-refractivity contribution in [1.82, 2.24) is 19.3 Å². The number of piperazine rings is 1. The van der Waals surface area contributed by atoms with E-state index in [-0.39, 0.29) is 34.4 Å². The van der Waals surface area contributed by atoms with Crippen molar-refractivity contribution in [3.63, 3.8) is 0 Å². The first-order valence-electron chi connectivity index (χ1n) is 17.9. The van der Waals surface area contributed by atoms with Crippen molar-refractivity contribution >= 4 is 11.8 Å². The van der Waals surface area contributed by atoms with E-state index in [1.54, 1.807) is 36.8 Å². The van der Waals surface area contributed by atoms with E-state index in [0.717, 1.165) is 33.4 Å². The van der Waals surface area contributed by atoms with E-state index < -0.39 is 5.54 Å². The van der Waals surface area contributed by atoms with Crippen LogP contribution in [0.25, 0.3) is 11.1 Å². The molecule has 276 valence electrons. The summed E-state index contributed by atoms with van der Waals surface area (Å²) in [4.78, 5) is 46.1. The molecule has 10 nitrogen and oxygen atoms in total. The second-order valence-electron chi connectivity index (χ2n) is 15.7. The normalized spacial score (nSPS) is 17.8. The summed E-state index contributed by atoms with van der Waals surface area (Å²) in [6.07, 6.45) is 4.25. The summed E-state index contributed by atoms with van der Waals surface area (Å²) in [7, 11) is 5.02. The number of amides is 2. The second-order valence-corrected chi connectivity index (χ2v) is 15.7. The topological polar surface area (TPSA) is 108 Å². The third-order valence-corrected chi connectivity index (χ3v) is 10.8. The number of benzene rings is 2. The molecule has 0 N–H and O–H groups in total. The molecule has 0 saturated carbocycles. The van der Waals surface area contributed by atoms with Gasteiger partial charge in [0.05, 0.1) is 31.4 Å². The Morgan fingerprint density at radius 2 is 1.67 bits per heavy atom. The van der Waals surface area contributed by atoms with Gasteiger partial charge in [-0.2, -0.15) is 5.26 Å². The average molecular weight is 708 g/mol. The minimum Gasteiger partial charge on any atom is -0.496 e. The number of carbonyl (C=O) groups excluding carboxylic acids is 2. The molecular weight excluding hydrogens is 654 g/mol. The zero-order valence-electron chi connectivity index (χ0n) is 32.6. The number of nitrogens with zero attached hydrogens (tertiary/aromatic N) is 5. The van der Waals surface area contributed by atoms with E-state index in [4.69, 9.17) is 9.47 Å². The van der Waals surface area contributed by atoms with Crippen molar-refractivity contribution in [1.29, 1.82) is 5.26 Å². The highest BCUT2D eigenvalue weighted by molar-refractivity contribution is 5.97. The number of methoxy groups -OCH3 is 2.